The quantitative estimate of drug-likeness (QED) is 0.488. The van der Waals surface area contributed by atoms with Crippen LogP contribution in [-0.2, 0) is 6.54 Å². The van der Waals surface area contributed by atoms with Gasteiger partial charge >= 0.3 is 0 Å². The van der Waals surface area contributed by atoms with Crippen LogP contribution in [0.4, 0.5) is 0 Å². The van der Waals surface area contributed by atoms with Crippen molar-refractivity contribution in [2.75, 3.05) is 0 Å². The van der Waals surface area contributed by atoms with Gasteiger partial charge < -0.3 is 4.57 Å². The molecule has 0 aromatic heterocycles. The SMILES string of the molecule is Cc1ccccc1C(C)CCn1c2cc(=O)[nH]c(=O)c-2nc2cc(C(C)C)ccc21. The largest absolute Gasteiger partial charge is 0.338 e. The second-order valence-corrected chi connectivity index (χ2v) is 8.41. The summed E-state index contributed by atoms with van der Waals surface area (Å²) in [6.07, 6.45) is 0.886. The number of aromatic amines is 1. The minimum atomic E-state index is -0.435. The fraction of sp³-hybridized carbons (Fsp3) is 0.320. The molecule has 5 nitrogen and oxygen atoms in total. The molecule has 0 aliphatic carbocycles. The minimum Gasteiger partial charge on any atom is -0.338 e. The van der Waals surface area contributed by atoms with Crippen LogP contribution in [0.15, 0.2) is 58.1 Å². The van der Waals surface area contributed by atoms with E-state index in [2.05, 4.69) is 78.6 Å². The zero-order valence-electron chi connectivity index (χ0n) is 17.9. The Balaban J connectivity index is 1.84. The third kappa shape index (κ3) is 3.67. The van der Waals surface area contributed by atoms with E-state index in [4.69, 9.17) is 0 Å². The van der Waals surface area contributed by atoms with Crippen molar-refractivity contribution in [3.63, 3.8) is 0 Å². The lowest BCUT2D eigenvalue weighted by Gasteiger charge is -2.21. The summed E-state index contributed by atoms with van der Waals surface area (Å²) >= 11 is 0. The van der Waals surface area contributed by atoms with E-state index >= 15 is 0 Å². The molecule has 0 bridgehead atoms. The Morgan fingerprint density at radius 1 is 1.03 bits per heavy atom. The molecule has 0 amide bonds. The van der Waals surface area contributed by atoms with Gasteiger partial charge in [0.2, 0.25) is 0 Å². The van der Waals surface area contributed by atoms with Gasteiger partial charge in [0.05, 0.1) is 16.7 Å². The van der Waals surface area contributed by atoms with E-state index in [1.807, 2.05) is 6.07 Å². The van der Waals surface area contributed by atoms with Gasteiger partial charge in [-0.3, -0.25) is 14.6 Å². The highest BCUT2D eigenvalue weighted by Gasteiger charge is 2.18. The number of benzene rings is 2. The van der Waals surface area contributed by atoms with Crippen molar-refractivity contribution in [1.82, 2.24) is 14.5 Å². The number of H-pyrrole nitrogens is 1. The summed E-state index contributed by atoms with van der Waals surface area (Å²) in [6.45, 7) is 9.31. The topological polar surface area (TPSA) is 67.8 Å². The molecule has 30 heavy (non-hydrogen) atoms. The molecule has 5 heteroatoms. The molecule has 0 fully saturated rings. The third-order valence-corrected chi connectivity index (χ3v) is 5.95. The Kier molecular flexibility index (Phi) is 5.29. The number of aryl methyl sites for hydroxylation is 2. The Hall–Kier alpha value is -3.21. The summed E-state index contributed by atoms with van der Waals surface area (Å²) in [6, 6.07) is 16.1. The number of fused-ring (bicyclic) bond motifs is 2. The van der Waals surface area contributed by atoms with Crippen molar-refractivity contribution < 1.29 is 0 Å². The highest BCUT2D eigenvalue weighted by Crippen LogP contribution is 2.28. The minimum absolute atomic E-state index is 0.312. The molecule has 0 radical (unpaired) electrons. The smallest absolute Gasteiger partial charge is 0.278 e. The first-order valence-corrected chi connectivity index (χ1v) is 10.5. The van der Waals surface area contributed by atoms with E-state index in [0.717, 1.165) is 17.5 Å². The lowest BCUT2D eigenvalue weighted by molar-refractivity contribution is 0.585. The van der Waals surface area contributed by atoms with Crippen LogP contribution in [0.5, 0.6) is 0 Å². The maximum absolute atomic E-state index is 12.5. The monoisotopic (exact) mass is 401 g/mol. The van der Waals surface area contributed by atoms with Crippen molar-refractivity contribution in [1.29, 1.82) is 0 Å². The Morgan fingerprint density at radius 2 is 1.80 bits per heavy atom. The first-order chi connectivity index (χ1) is 14.3. The van der Waals surface area contributed by atoms with Gasteiger partial charge in [-0.1, -0.05) is 51.1 Å². The number of rotatable bonds is 5. The molecular weight excluding hydrogens is 374 g/mol. The van der Waals surface area contributed by atoms with Crippen LogP contribution < -0.4 is 11.1 Å². The molecule has 2 aliphatic heterocycles. The molecule has 1 N–H and O–H groups in total. The third-order valence-electron chi connectivity index (χ3n) is 5.95. The van der Waals surface area contributed by atoms with Gasteiger partial charge in [-0.05, 0) is 54.0 Å². The molecule has 0 saturated carbocycles. The van der Waals surface area contributed by atoms with Gasteiger partial charge in [-0.25, -0.2) is 4.98 Å². The summed E-state index contributed by atoms with van der Waals surface area (Å²) in [4.78, 5) is 31.5. The van der Waals surface area contributed by atoms with Crippen LogP contribution in [0.1, 0.15) is 55.7 Å². The Labute approximate surface area is 175 Å². The number of hydrogen-bond acceptors (Lipinski definition) is 3. The molecule has 0 spiro atoms. The predicted molar refractivity (Wildman–Crippen MR) is 122 cm³/mol. The summed E-state index contributed by atoms with van der Waals surface area (Å²) in [7, 11) is 0. The number of nitrogens with one attached hydrogen (secondary N) is 1. The van der Waals surface area contributed by atoms with Gasteiger partial charge in [0.25, 0.3) is 11.1 Å². The van der Waals surface area contributed by atoms with Gasteiger partial charge in [0, 0.05) is 12.6 Å². The average molecular weight is 402 g/mol. The Bertz CT molecular complexity index is 1300. The van der Waals surface area contributed by atoms with Crippen LogP contribution in [0, 0.1) is 6.92 Å². The lowest BCUT2D eigenvalue weighted by Crippen LogP contribution is -2.25. The predicted octanol–water partition coefficient (Wildman–Crippen LogP) is 4.82. The normalized spacial score (nSPS) is 12.7. The standard InChI is InChI=1S/C25H27N3O2/c1-15(2)18-9-10-21-20(13-18)26-24-22(14-23(29)27-25(24)30)28(21)12-11-17(4)19-8-6-5-7-16(19)3/h5-10,13-15,17H,11-12H2,1-4H3,(H,27,29,30). The molecular formula is C25H27N3O2. The van der Waals surface area contributed by atoms with Gasteiger partial charge in [-0.2, -0.15) is 0 Å². The number of pyridine rings is 1. The van der Waals surface area contributed by atoms with E-state index in [9.17, 15) is 9.59 Å². The van der Waals surface area contributed by atoms with Crippen LogP contribution in [0.3, 0.4) is 0 Å². The number of aromatic nitrogens is 3. The van der Waals surface area contributed by atoms with Gasteiger partial charge in [0.1, 0.15) is 0 Å². The highest BCUT2D eigenvalue weighted by molar-refractivity contribution is 5.81. The van der Waals surface area contributed by atoms with E-state index in [1.54, 1.807) is 0 Å². The van der Waals surface area contributed by atoms with E-state index in [0.29, 0.717) is 29.8 Å². The molecule has 4 rings (SSSR count). The zero-order chi connectivity index (χ0) is 21.4. The fourth-order valence-corrected chi connectivity index (χ4v) is 4.16. The summed E-state index contributed by atoms with van der Waals surface area (Å²) in [5, 5.41) is 0. The van der Waals surface area contributed by atoms with E-state index < -0.39 is 11.1 Å². The second kappa shape index (κ2) is 7.90. The summed E-state index contributed by atoms with van der Waals surface area (Å²) in [5.41, 5.74) is 5.56. The molecule has 1 atom stereocenters. The van der Waals surface area contributed by atoms with Crippen LogP contribution in [-0.4, -0.2) is 14.5 Å². The molecule has 2 aliphatic rings. The number of hydrogen-bond donors (Lipinski definition) is 1. The van der Waals surface area contributed by atoms with Crippen molar-refractivity contribution in [2.45, 2.75) is 52.5 Å². The maximum Gasteiger partial charge on any atom is 0.278 e. The van der Waals surface area contributed by atoms with Crippen LogP contribution in [0.25, 0.3) is 22.4 Å². The van der Waals surface area contributed by atoms with Crippen LogP contribution >= 0.6 is 0 Å². The number of nitrogens with zero attached hydrogens (tertiary/aromatic N) is 2. The molecule has 2 heterocycles. The molecule has 154 valence electrons. The highest BCUT2D eigenvalue weighted by atomic mass is 16.2. The van der Waals surface area contributed by atoms with Crippen LogP contribution in [0.2, 0.25) is 0 Å². The van der Waals surface area contributed by atoms with Crippen molar-refractivity contribution in [2.24, 2.45) is 0 Å². The first-order valence-electron chi connectivity index (χ1n) is 10.5. The lowest BCUT2D eigenvalue weighted by atomic mass is 9.93. The van der Waals surface area contributed by atoms with Gasteiger partial charge in [-0.15, -0.1) is 0 Å². The molecule has 1 unspecified atom stereocenters. The Morgan fingerprint density at radius 3 is 2.53 bits per heavy atom. The first kappa shape index (κ1) is 20.1. The summed E-state index contributed by atoms with van der Waals surface area (Å²) < 4.78 is 2.08. The van der Waals surface area contributed by atoms with E-state index in [1.165, 1.54) is 22.8 Å². The van der Waals surface area contributed by atoms with Crippen molar-refractivity contribution in [3.05, 3.63) is 85.9 Å². The van der Waals surface area contributed by atoms with Gasteiger partial charge in [0.15, 0.2) is 5.69 Å². The van der Waals surface area contributed by atoms with Crippen molar-refractivity contribution in [3.8, 4) is 11.4 Å². The molecule has 2 aromatic carbocycles. The average Bonchev–Trinajstić information content (AvgIpc) is 2.71. The van der Waals surface area contributed by atoms with E-state index in [-0.39, 0.29) is 0 Å². The molecule has 0 saturated heterocycles. The maximum atomic E-state index is 12.5. The zero-order valence-corrected chi connectivity index (χ0v) is 17.9. The second-order valence-electron chi connectivity index (χ2n) is 8.41. The van der Waals surface area contributed by atoms with Crippen molar-refractivity contribution >= 4 is 11.0 Å². The summed E-state index contributed by atoms with van der Waals surface area (Å²) in [5.74, 6) is 0.712. The molecule has 2 aromatic rings. The fourth-order valence-electron chi connectivity index (χ4n) is 4.16.